The van der Waals surface area contributed by atoms with Gasteiger partial charge in [0.2, 0.25) is 0 Å². The first-order valence-corrected chi connectivity index (χ1v) is 5.12. The van der Waals surface area contributed by atoms with E-state index in [0.29, 0.717) is 10.6 Å². The molecule has 0 aliphatic rings. The molecule has 1 aromatic carbocycles. The van der Waals surface area contributed by atoms with Gasteiger partial charge in [-0.05, 0) is 18.6 Å². The van der Waals surface area contributed by atoms with Gasteiger partial charge in [0.25, 0.3) is 0 Å². The standard InChI is InChI=1S/C9H10BrNOS/c1-5(12)8(10)6-3-2-4-7(13)9(6)11/h2-4,8,13H,11H2,1H3. The van der Waals surface area contributed by atoms with Crippen LogP contribution in [0.4, 0.5) is 5.69 Å². The molecular weight excluding hydrogens is 250 g/mol. The maximum Gasteiger partial charge on any atom is 0.147 e. The summed E-state index contributed by atoms with van der Waals surface area (Å²) in [5.74, 6) is 0.0330. The minimum absolute atomic E-state index is 0.0330. The molecule has 13 heavy (non-hydrogen) atoms. The van der Waals surface area contributed by atoms with E-state index in [1.165, 1.54) is 6.92 Å². The Morgan fingerprint density at radius 3 is 2.77 bits per heavy atom. The number of anilines is 1. The van der Waals surface area contributed by atoms with E-state index in [2.05, 4.69) is 28.6 Å². The van der Waals surface area contributed by atoms with Gasteiger partial charge in [0.05, 0.1) is 4.83 Å². The first kappa shape index (κ1) is 10.6. The number of rotatable bonds is 2. The third-order valence-electron chi connectivity index (χ3n) is 1.75. The summed E-state index contributed by atoms with van der Waals surface area (Å²) < 4.78 is 0. The van der Waals surface area contributed by atoms with E-state index >= 15 is 0 Å². The Morgan fingerprint density at radius 2 is 2.23 bits per heavy atom. The van der Waals surface area contributed by atoms with Crippen molar-refractivity contribution < 1.29 is 4.79 Å². The average molecular weight is 260 g/mol. The lowest BCUT2D eigenvalue weighted by Crippen LogP contribution is -2.04. The molecule has 0 spiro atoms. The zero-order chi connectivity index (χ0) is 10.0. The van der Waals surface area contributed by atoms with Crippen LogP contribution in [0.15, 0.2) is 23.1 Å². The highest BCUT2D eigenvalue weighted by atomic mass is 79.9. The van der Waals surface area contributed by atoms with Crippen LogP contribution in [-0.4, -0.2) is 5.78 Å². The molecule has 1 atom stereocenters. The Hall–Kier alpha value is -0.480. The fraction of sp³-hybridized carbons (Fsp3) is 0.222. The Kier molecular flexibility index (Phi) is 3.39. The van der Waals surface area contributed by atoms with Gasteiger partial charge in [0.15, 0.2) is 0 Å². The largest absolute Gasteiger partial charge is 0.398 e. The van der Waals surface area contributed by atoms with Crippen molar-refractivity contribution in [3.63, 3.8) is 0 Å². The zero-order valence-corrected chi connectivity index (χ0v) is 9.60. The number of benzene rings is 1. The van der Waals surface area contributed by atoms with Gasteiger partial charge in [0.1, 0.15) is 5.78 Å². The summed E-state index contributed by atoms with van der Waals surface area (Å²) in [7, 11) is 0. The molecule has 0 aliphatic carbocycles. The van der Waals surface area contributed by atoms with Gasteiger partial charge >= 0.3 is 0 Å². The second-order valence-electron chi connectivity index (χ2n) is 2.75. The summed E-state index contributed by atoms with van der Waals surface area (Å²) in [4.78, 5) is 11.4. The van der Waals surface area contributed by atoms with Crippen molar-refractivity contribution in [1.82, 2.24) is 0 Å². The number of carbonyl (C=O) groups is 1. The molecule has 0 heterocycles. The molecule has 0 saturated heterocycles. The molecule has 1 rings (SSSR count). The van der Waals surface area contributed by atoms with Gasteiger partial charge in [-0.2, -0.15) is 0 Å². The quantitative estimate of drug-likeness (QED) is 0.487. The molecule has 2 nitrogen and oxygen atoms in total. The predicted octanol–water partition coefficient (Wildman–Crippen LogP) is 2.58. The highest BCUT2D eigenvalue weighted by Gasteiger charge is 2.15. The van der Waals surface area contributed by atoms with Crippen molar-refractivity contribution in [3.05, 3.63) is 23.8 Å². The van der Waals surface area contributed by atoms with E-state index in [1.54, 1.807) is 6.07 Å². The van der Waals surface area contributed by atoms with Crippen molar-refractivity contribution in [2.24, 2.45) is 0 Å². The van der Waals surface area contributed by atoms with Crippen molar-refractivity contribution >= 4 is 40.0 Å². The fourth-order valence-corrected chi connectivity index (χ4v) is 1.62. The van der Waals surface area contributed by atoms with E-state index in [4.69, 9.17) is 5.73 Å². The molecule has 1 aromatic rings. The maximum absolute atomic E-state index is 11.1. The molecule has 70 valence electrons. The number of thiol groups is 1. The second kappa shape index (κ2) is 4.15. The topological polar surface area (TPSA) is 43.1 Å². The lowest BCUT2D eigenvalue weighted by molar-refractivity contribution is -0.116. The predicted molar refractivity (Wildman–Crippen MR) is 60.5 cm³/mol. The highest BCUT2D eigenvalue weighted by Crippen LogP contribution is 2.31. The summed E-state index contributed by atoms with van der Waals surface area (Å²) in [6.45, 7) is 1.52. The lowest BCUT2D eigenvalue weighted by atomic mass is 10.1. The van der Waals surface area contributed by atoms with Crippen LogP contribution in [0.5, 0.6) is 0 Å². The molecule has 0 fully saturated rings. The molecule has 0 aliphatic heterocycles. The molecule has 2 N–H and O–H groups in total. The molecule has 0 bridgehead atoms. The van der Waals surface area contributed by atoms with Gasteiger partial charge < -0.3 is 5.73 Å². The van der Waals surface area contributed by atoms with E-state index < -0.39 is 0 Å². The number of ketones is 1. The van der Waals surface area contributed by atoms with Crippen LogP contribution < -0.4 is 5.73 Å². The Bertz CT molecular complexity index is 340. The maximum atomic E-state index is 11.1. The normalized spacial score (nSPS) is 12.5. The van der Waals surface area contributed by atoms with Crippen LogP contribution >= 0.6 is 28.6 Å². The smallest absolute Gasteiger partial charge is 0.147 e. The monoisotopic (exact) mass is 259 g/mol. The Balaban J connectivity index is 3.15. The minimum atomic E-state index is -0.334. The van der Waals surface area contributed by atoms with E-state index in [1.807, 2.05) is 12.1 Å². The second-order valence-corrected chi connectivity index (χ2v) is 4.15. The zero-order valence-electron chi connectivity index (χ0n) is 7.12. The van der Waals surface area contributed by atoms with E-state index in [0.717, 1.165) is 5.56 Å². The average Bonchev–Trinajstić information content (AvgIpc) is 2.08. The number of alkyl halides is 1. The molecular formula is C9H10BrNOS. The summed E-state index contributed by atoms with van der Waals surface area (Å²) in [6.07, 6.45) is 0. The number of halogens is 1. The lowest BCUT2D eigenvalue weighted by Gasteiger charge is -2.10. The van der Waals surface area contributed by atoms with Gasteiger partial charge in [-0.15, -0.1) is 12.6 Å². The molecule has 1 unspecified atom stereocenters. The highest BCUT2D eigenvalue weighted by molar-refractivity contribution is 9.09. The van der Waals surface area contributed by atoms with E-state index in [9.17, 15) is 4.79 Å². The van der Waals surface area contributed by atoms with Crippen LogP contribution in [0.25, 0.3) is 0 Å². The molecule has 4 heteroatoms. The number of Topliss-reactive ketones (excluding diaryl/α,β-unsaturated/α-hetero) is 1. The van der Waals surface area contributed by atoms with Crippen LogP contribution in [0.3, 0.4) is 0 Å². The summed E-state index contributed by atoms with van der Waals surface area (Å²) in [5.41, 5.74) is 7.10. The number of nitrogen functional groups attached to an aromatic ring is 1. The van der Waals surface area contributed by atoms with Crippen molar-refractivity contribution in [3.8, 4) is 0 Å². The molecule has 0 radical (unpaired) electrons. The summed E-state index contributed by atoms with van der Waals surface area (Å²) >= 11 is 7.45. The summed E-state index contributed by atoms with van der Waals surface area (Å²) in [6, 6.07) is 5.43. The third kappa shape index (κ3) is 2.25. The number of para-hydroxylation sites is 1. The SMILES string of the molecule is CC(=O)C(Br)c1cccc(S)c1N. The molecule has 0 aromatic heterocycles. The number of hydrogen-bond donors (Lipinski definition) is 2. The fourth-order valence-electron chi connectivity index (χ4n) is 1.01. The molecule has 0 amide bonds. The first-order chi connectivity index (χ1) is 6.04. The number of carbonyl (C=O) groups excluding carboxylic acids is 1. The van der Waals surface area contributed by atoms with Gasteiger partial charge in [-0.25, -0.2) is 0 Å². The number of nitrogens with two attached hydrogens (primary N) is 1. The first-order valence-electron chi connectivity index (χ1n) is 3.76. The van der Waals surface area contributed by atoms with Crippen LogP contribution in [-0.2, 0) is 4.79 Å². The van der Waals surface area contributed by atoms with Crippen molar-refractivity contribution in [2.75, 3.05) is 5.73 Å². The van der Waals surface area contributed by atoms with Crippen LogP contribution in [0.1, 0.15) is 17.3 Å². The van der Waals surface area contributed by atoms with Gasteiger partial charge in [-0.3, -0.25) is 4.79 Å². The van der Waals surface area contributed by atoms with Gasteiger partial charge in [-0.1, -0.05) is 28.1 Å². The minimum Gasteiger partial charge on any atom is -0.398 e. The van der Waals surface area contributed by atoms with Crippen molar-refractivity contribution in [2.45, 2.75) is 16.6 Å². The Labute approximate surface area is 91.1 Å². The third-order valence-corrected chi connectivity index (χ3v) is 3.27. The summed E-state index contributed by atoms with van der Waals surface area (Å²) in [5, 5.41) is 0. The Morgan fingerprint density at radius 1 is 1.62 bits per heavy atom. The number of hydrogen-bond acceptors (Lipinski definition) is 3. The van der Waals surface area contributed by atoms with Crippen LogP contribution in [0, 0.1) is 0 Å². The van der Waals surface area contributed by atoms with Crippen LogP contribution in [0.2, 0.25) is 0 Å². The van der Waals surface area contributed by atoms with Crippen molar-refractivity contribution in [1.29, 1.82) is 0 Å². The van der Waals surface area contributed by atoms with E-state index in [-0.39, 0.29) is 10.6 Å². The molecule has 0 saturated carbocycles. The van der Waals surface area contributed by atoms with Gasteiger partial charge in [0, 0.05) is 10.6 Å².